The van der Waals surface area contributed by atoms with Crippen LogP contribution in [0.25, 0.3) is 0 Å². The second-order valence-electron chi connectivity index (χ2n) is 9.57. The molecule has 1 aromatic carbocycles. The van der Waals surface area contributed by atoms with E-state index in [1.54, 1.807) is 38.1 Å². The number of ketones is 2. The highest BCUT2D eigenvalue weighted by atomic mass is 16.3. The van der Waals surface area contributed by atoms with Crippen LogP contribution >= 0.6 is 0 Å². The van der Waals surface area contributed by atoms with Crippen LogP contribution in [0.5, 0.6) is 5.75 Å². The Morgan fingerprint density at radius 3 is 2.32 bits per heavy atom. The van der Waals surface area contributed by atoms with E-state index in [4.69, 9.17) is 0 Å². The van der Waals surface area contributed by atoms with Gasteiger partial charge in [0.15, 0.2) is 11.6 Å². The Morgan fingerprint density at radius 1 is 0.968 bits per heavy atom. The number of Topliss-reactive ketones (excluding diaryl/α,β-unsaturated/α-hetero) is 2. The summed E-state index contributed by atoms with van der Waals surface area (Å²) in [6.45, 7) is 5.28. The Labute approximate surface area is 180 Å². The monoisotopic (exact) mass is 419 g/mol. The maximum atomic E-state index is 13.7. The zero-order valence-corrected chi connectivity index (χ0v) is 17.8. The average molecular weight is 419 g/mol. The molecule has 1 saturated carbocycles. The number of carbonyl (C=O) groups is 4. The molecule has 1 aliphatic heterocycles. The minimum Gasteiger partial charge on any atom is -0.508 e. The van der Waals surface area contributed by atoms with Crippen molar-refractivity contribution >= 4 is 23.4 Å². The first-order valence-corrected chi connectivity index (χ1v) is 10.8. The van der Waals surface area contributed by atoms with E-state index in [-0.39, 0.29) is 35.0 Å². The smallest absolute Gasteiger partial charge is 0.231 e. The Bertz CT molecular complexity index is 1110. The number of rotatable bonds is 1. The number of imide groups is 1. The van der Waals surface area contributed by atoms with E-state index in [1.165, 1.54) is 0 Å². The molecule has 2 fully saturated rings. The second kappa shape index (κ2) is 6.49. The first-order valence-electron chi connectivity index (χ1n) is 10.8. The van der Waals surface area contributed by atoms with Gasteiger partial charge in [-0.2, -0.15) is 0 Å². The van der Waals surface area contributed by atoms with Crippen LogP contribution in [-0.2, 0) is 19.2 Å². The largest absolute Gasteiger partial charge is 0.508 e. The molecular weight excluding hydrogens is 394 g/mol. The molecular formula is C25H25NO5. The normalized spacial score (nSPS) is 37.1. The zero-order valence-electron chi connectivity index (χ0n) is 17.8. The fraction of sp³-hybridized carbons (Fsp3) is 0.440. The van der Waals surface area contributed by atoms with Crippen molar-refractivity contribution in [3.8, 4) is 5.75 Å². The van der Waals surface area contributed by atoms with Gasteiger partial charge >= 0.3 is 0 Å². The first kappa shape index (κ1) is 19.9. The van der Waals surface area contributed by atoms with Crippen LogP contribution in [-0.4, -0.2) is 28.5 Å². The van der Waals surface area contributed by atoms with Gasteiger partial charge in [-0.1, -0.05) is 30.7 Å². The predicted octanol–water partition coefficient (Wildman–Crippen LogP) is 2.83. The van der Waals surface area contributed by atoms with Crippen molar-refractivity contribution in [2.24, 2.45) is 29.1 Å². The molecule has 6 atom stereocenters. The van der Waals surface area contributed by atoms with Crippen molar-refractivity contribution in [3.05, 3.63) is 52.6 Å². The number of hydrogen-bond acceptors (Lipinski definition) is 5. The van der Waals surface area contributed by atoms with Crippen LogP contribution in [0.15, 0.2) is 47.1 Å². The summed E-state index contributed by atoms with van der Waals surface area (Å²) in [4.78, 5) is 52.1. The fourth-order valence-electron chi connectivity index (χ4n) is 6.54. The molecule has 2 amide bonds. The van der Waals surface area contributed by atoms with E-state index in [0.717, 1.165) is 11.1 Å². The van der Waals surface area contributed by atoms with Gasteiger partial charge in [-0.15, -0.1) is 0 Å². The summed E-state index contributed by atoms with van der Waals surface area (Å²) in [5, 5.41) is 12.3. The fourth-order valence-corrected chi connectivity index (χ4v) is 6.54. The standard InChI is InChI=1S/C25H25NO5/c1-11-12(2)22(29)25(3)18(21(11)28)10-17-15(20(25)13-4-6-14(27)7-5-13)8-9-16-19(17)24(31)26-23(16)30/h4-8,16-20,27H,9-10H2,1-3H3,(H,26,30,31)/t16-,17+,18-,19-,20-,25+/m0/s1. The molecule has 1 saturated heterocycles. The first-order chi connectivity index (χ1) is 14.7. The van der Waals surface area contributed by atoms with E-state index in [9.17, 15) is 24.3 Å². The minimum atomic E-state index is -0.980. The van der Waals surface area contributed by atoms with E-state index >= 15 is 0 Å². The van der Waals surface area contributed by atoms with Crippen LogP contribution in [0.1, 0.15) is 45.1 Å². The maximum absolute atomic E-state index is 13.7. The molecule has 3 aliphatic carbocycles. The number of phenols is 1. The summed E-state index contributed by atoms with van der Waals surface area (Å²) in [5.74, 6) is -2.66. The Hall–Kier alpha value is -3.02. The van der Waals surface area contributed by atoms with Crippen LogP contribution in [0.3, 0.4) is 0 Å². The molecule has 1 heterocycles. The number of amides is 2. The van der Waals surface area contributed by atoms with Crippen molar-refractivity contribution in [2.75, 3.05) is 0 Å². The highest BCUT2D eigenvalue weighted by Crippen LogP contribution is 2.62. The average Bonchev–Trinajstić information content (AvgIpc) is 3.04. The Balaban J connectivity index is 1.74. The van der Waals surface area contributed by atoms with Crippen LogP contribution < -0.4 is 5.32 Å². The number of carbonyl (C=O) groups excluding carboxylic acids is 4. The van der Waals surface area contributed by atoms with E-state index < -0.39 is 29.1 Å². The molecule has 0 spiro atoms. The topological polar surface area (TPSA) is 101 Å². The van der Waals surface area contributed by atoms with Crippen molar-refractivity contribution < 1.29 is 24.3 Å². The summed E-state index contributed by atoms with van der Waals surface area (Å²) in [6, 6.07) is 6.74. The number of nitrogens with one attached hydrogen (secondary N) is 1. The van der Waals surface area contributed by atoms with Gasteiger partial charge in [0.05, 0.1) is 17.3 Å². The van der Waals surface area contributed by atoms with Crippen LogP contribution in [0.4, 0.5) is 0 Å². The van der Waals surface area contributed by atoms with Gasteiger partial charge in [-0.25, -0.2) is 0 Å². The van der Waals surface area contributed by atoms with E-state index in [1.807, 2.05) is 13.0 Å². The van der Waals surface area contributed by atoms with Crippen molar-refractivity contribution in [3.63, 3.8) is 0 Å². The van der Waals surface area contributed by atoms with E-state index in [0.29, 0.717) is 24.0 Å². The molecule has 5 rings (SSSR count). The van der Waals surface area contributed by atoms with Gasteiger partial charge in [-0.3, -0.25) is 24.5 Å². The third kappa shape index (κ3) is 2.51. The lowest BCUT2D eigenvalue weighted by Crippen LogP contribution is -2.55. The third-order valence-corrected chi connectivity index (χ3v) is 8.24. The van der Waals surface area contributed by atoms with E-state index in [2.05, 4.69) is 5.32 Å². The second-order valence-corrected chi connectivity index (χ2v) is 9.57. The van der Waals surface area contributed by atoms with Gasteiger partial charge < -0.3 is 5.11 Å². The van der Waals surface area contributed by atoms with Gasteiger partial charge in [0.2, 0.25) is 11.8 Å². The van der Waals surface area contributed by atoms with Gasteiger partial charge in [0.1, 0.15) is 5.75 Å². The maximum Gasteiger partial charge on any atom is 0.231 e. The summed E-state index contributed by atoms with van der Waals surface area (Å²) in [6.07, 6.45) is 2.84. The molecule has 0 radical (unpaired) electrons. The number of aromatic hydroxyl groups is 1. The summed E-state index contributed by atoms with van der Waals surface area (Å²) >= 11 is 0. The highest BCUT2D eigenvalue weighted by molar-refractivity contribution is 6.16. The van der Waals surface area contributed by atoms with Gasteiger partial charge in [-0.05, 0) is 61.4 Å². The minimum absolute atomic E-state index is 0.0406. The molecule has 2 N–H and O–H groups in total. The molecule has 31 heavy (non-hydrogen) atoms. The van der Waals surface area contributed by atoms with Gasteiger partial charge in [0, 0.05) is 11.8 Å². The Morgan fingerprint density at radius 2 is 1.65 bits per heavy atom. The van der Waals surface area contributed by atoms with Gasteiger partial charge in [0.25, 0.3) is 0 Å². The lowest BCUT2D eigenvalue weighted by atomic mass is 9.46. The summed E-state index contributed by atoms with van der Waals surface area (Å²) in [5.41, 5.74) is 1.80. The van der Waals surface area contributed by atoms with Crippen molar-refractivity contribution in [1.82, 2.24) is 5.32 Å². The van der Waals surface area contributed by atoms with Crippen molar-refractivity contribution in [2.45, 2.75) is 39.5 Å². The summed E-state index contributed by atoms with van der Waals surface area (Å²) in [7, 11) is 0. The molecule has 4 aliphatic rings. The molecule has 160 valence electrons. The van der Waals surface area contributed by atoms with Crippen LogP contribution in [0, 0.1) is 29.1 Å². The molecule has 6 heteroatoms. The third-order valence-electron chi connectivity index (χ3n) is 8.24. The molecule has 0 unspecified atom stereocenters. The predicted molar refractivity (Wildman–Crippen MR) is 112 cm³/mol. The van der Waals surface area contributed by atoms with Crippen LogP contribution in [0.2, 0.25) is 0 Å². The van der Waals surface area contributed by atoms with Crippen molar-refractivity contribution in [1.29, 1.82) is 0 Å². The zero-order chi connectivity index (χ0) is 22.2. The Kier molecular flexibility index (Phi) is 4.17. The molecule has 0 bridgehead atoms. The SMILES string of the molecule is CC1=C(C)C(=O)[C@@]2(C)[C@@H](c3ccc(O)cc3)C3=CC[C@@H]4C(=O)NC(=O)[C@@H]4[C@@H]3C[C@H]2C1=O. The lowest BCUT2D eigenvalue weighted by molar-refractivity contribution is -0.142. The number of benzene rings is 1. The number of hydrogen-bond donors (Lipinski definition) is 2. The quantitative estimate of drug-likeness (QED) is 0.539. The number of fused-ring (bicyclic) bond motifs is 4. The molecule has 6 nitrogen and oxygen atoms in total. The summed E-state index contributed by atoms with van der Waals surface area (Å²) < 4.78 is 0. The molecule has 0 aromatic heterocycles. The number of phenolic OH excluding ortho intramolecular Hbond substituents is 1. The highest BCUT2D eigenvalue weighted by Gasteiger charge is 2.62. The number of allylic oxidation sites excluding steroid dienone is 4. The lowest BCUT2D eigenvalue weighted by Gasteiger charge is -2.54. The molecule has 1 aromatic rings.